The van der Waals surface area contributed by atoms with Crippen molar-refractivity contribution in [2.24, 2.45) is 23.1 Å². The summed E-state index contributed by atoms with van der Waals surface area (Å²) in [4.78, 5) is 69.8. The van der Waals surface area contributed by atoms with Crippen LogP contribution in [-0.2, 0) is 28.8 Å². The zero-order valence-electron chi connectivity index (χ0n) is 17.0. The van der Waals surface area contributed by atoms with Crippen molar-refractivity contribution >= 4 is 35.5 Å². The van der Waals surface area contributed by atoms with Crippen LogP contribution in [-0.4, -0.2) is 65.3 Å². The van der Waals surface area contributed by atoms with E-state index < -0.39 is 66.6 Å². The predicted molar refractivity (Wildman–Crippen MR) is 104 cm³/mol. The molecule has 10 N–H and O–H groups in total. The summed E-state index contributed by atoms with van der Waals surface area (Å²) < 4.78 is 0. The summed E-state index contributed by atoms with van der Waals surface area (Å²) in [5.41, 5.74) is 16.0. The minimum Gasteiger partial charge on any atom is -0.480 e. The highest BCUT2D eigenvalue weighted by Gasteiger charge is 2.29. The first kappa shape index (κ1) is 26.8. The molecule has 0 aliphatic rings. The molecule has 0 aromatic carbocycles. The number of rotatable bonds is 14. The SMILES string of the molecule is CC(C)CC(N)C(=O)NC(CCC(N)=O)C(=O)NC(CC(N)=O)C(=O)NCC(=O)O. The van der Waals surface area contributed by atoms with Crippen LogP contribution < -0.4 is 33.2 Å². The van der Waals surface area contributed by atoms with Gasteiger partial charge in [-0.15, -0.1) is 0 Å². The third-order valence-corrected chi connectivity index (χ3v) is 3.83. The Morgan fingerprint density at radius 1 is 0.867 bits per heavy atom. The van der Waals surface area contributed by atoms with Crippen molar-refractivity contribution in [3.05, 3.63) is 0 Å². The second kappa shape index (κ2) is 13.1. The maximum atomic E-state index is 12.6. The summed E-state index contributed by atoms with van der Waals surface area (Å²) in [5.74, 6) is -5.36. The van der Waals surface area contributed by atoms with Gasteiger partial charge in [0, 0.05) is 6.42 Å². The highest BCUT2D eigenvalue weighted by molar-refractivity contribution is 5.95. The van der Waals surface area contributed by atoms with Crippen LogP contribution >= 0.6 is 0 Å². The Bertz CT molecular complexity index is 667. The molecule has 5 amide bonds. The molecule has 0 rings (SSSR count). The summed E-state index contributed by atoms with van der Waals surface area (Å²) in [6.07, 6.45) is -0.691. The number of carbonyl (C=O) groups is 6. The minimum atomic E-state index is -1.48. The van der Waals surface area contributed by atoms with Crippen LogP contribution in [0.2, 0.25) is 0 Å². The Balaban J connectivity index is 5.32. The Labute approximate surface area is 173 Å². The van der Waals surface area contributed by atoms with Gasteiger partial charge in [-0.2, -0.15) is 0 Å². The number of amides is 5. The van der Waals surface area contributed by atoms with Gasteiger partial charge in [0.05, 0.1) is 12.5 Å². The second-order valence-electron chi connectivity index (χ2n) is 7.15. The highest BCUT2D eigenvalue weighted by Crippen LogP contribution is 2.05. The van der Waals surface area contributed by atoms with E-state index in [9.17, 15) is 28.8 Å². The lowest BCUT2D eigenvalue weighted by Crippen LogP contribution is -2.56. The molecule has 30 heavy (non-hydrogen) atoms. The van der Waals surface area contributed by atoms with E-state index in [0.717, 1.165) is 0 Å². The molecule has 0 fully saturated rings. The van der Waals surface area contributed by atoms with Crippen molar-refractivity contribution in [1.29, 1.82) is 0 Å². The van der Waals surface area contributed by atoms with E-state index in [-0.39, 0.29) is 18.8 Å². The molecule has 0 aromatic rings. The van der Waals surface area contributed by atoms with Gasteiger partial charge in [-0.25, -0.2) is 0 Å². The van der Waals surface area contributed by atoms with E-state index in [1.54, 1.807) is 0 Å². The van der Waals surface area contributed by atoms with E-state index in [4.69, 9.17) is 22.3 Å². The number of aliphatic carboxylic acids is 1. The number of carboxylic acids is 1. The van der Waals surface area contributed by atoms with Crippen molar-refractivity contribution in [2.75, 3.05) is 6.54 Å². The van der Waals surface area contributed by atoms with Crippen LogP contribution in [0, 0.1) is 5.92 Å². The number of hydrogen-bond donors (Lipinski definition) is 7. The molecule has 0 aromatic heterocycles. The highest BCUT2D eigenvalue weighted by atomic mass is 16.4. The topological polar surface area (TPSA) is 237 Å². The van der Waals surface area contributed by atoms with Crippen LogP contribution in [0.25, 0.3) is 0 Å². The molecule has 3 atom stereocenters. The van der Waals surface area contributed by atoms with E-state index in [1.807, 2.05) is 19.2 Å². The summed E-state index contributed by atoms with van der Waals surface area (Å²) in [6.45, 7) is 2.97. The second-order valence-corrected chi connectivity index (χ2v) is 7.15. The Kier molecular flexibility index (Phi) is 11.7. The molecule has 3 unspecified atom stereocenters. The van der Waals surface area contributed by atoms with E-state index in [1.165, 1.54) is 0 Å². The van der Waals surface area contributed by atoms with Gasteiger partial charge < -0.3 is 38.3 Å². The largest absolute Gasteiger partial charge is 0.480 e. The smallest absolute Gasteiger partial charge is 0.322 e. The molecule has 0 radical (unpaired) electrons. The lowest BCUT2D eigenvalue weighted by atomic mass is 10.0. The van der Waals surface area contributed by atoms with Gasteiger partial charge in [-0.1, -0.05) is 13.8 Å². The molecule has 13 nitrogen and oxygen atoms in total. The van der Waals surface area contributed by atoms with Gasteiger partial charge in [-0.3, -0.25) is 28.8 Å². The van der Waals surface area contributed by atoms with E-state index >= 15 is 0 Å². The molecule has 170 valence electrons. The van der Waals surface area contributed by atoms with Crippen molar-refractivity contribution < 1.29 is 33.9 Å². The maximum Gasteiger partial charge on any atom is 0.322 e. The first-order chi connectivity index (χ1) is 13.8. The molecule has 0 aliphatic heterocycles. The molecule has 0 saturated carbocycles. The van der Waals surface area contributed by atoms with Crippen molar-refractivity contribution in [1.82, 2.24) is 16.0 Å². The third-order valence-electron chi connectivity index (χ3n) is 3.83. The van der Waals surface area contributed by atoms with Crippen LogP contribution in [0.3, 0.4) is 0 Å². The minimum absolute atomic E-state index is 0.113. The predicted octanol–water partition coefficient (Wildman–Crippen LogP) is -3.33. The van der Waals surface area contributed by atoms with Crippen molar-refractivity contribution in [3.8, 4) is 0 Å². The standard InChI is InChI=1S/C17H30N6O7/c1-8(2)5-9(18)15(28)22-10(3-4-12(19)24)17(30)23-11(6-13(20)25)16(29)21-7-14(26)27/h8-11H,3-7,18H2,1-2H3,(H2,19,24)(H2,20,25)(H,21,29)(H,22,28)(H,23,30)(H,26,27). The number of primary amides is 2. The molecule has 0 aliphatic carbocycles. The number of nitrogens with one attached hydrogen (secondary N) is 3. The summed E-state index contributed by atoms with van der Waals surface area (Å²) in [5, 5.41) is 15.3. The number of hydrogen-bond acceptors (Lipinski definition) is 7. The van der Waals surface area contributed by atoms with Crippen molar-refractivity contribution in [2.45, 2.75) is 57.7 Å². The van der Waals surface area contributed by atoms with Gasteiger partial charge in [0.25, 0.3) is 0 Å². The Hall–Kier alpha value is -3.22. The van der Waals surface area contributed by atoms with Crippen molar-refractivity contribution in [3.63, 3.8) is 0 Å². The number of carboxylic acid groups (broad SMARTS) is 1. The lowest BCUT2D eigenvalue weighted by molar-refractivity contribution is -0.138. The normalized spacial score (nSPS) is 13.6. The Morgan fingerprint density at radius 3 is 1.90 bits per heavy atom. The van der Waals surface area contributed by atoms with Gasteiger partial charge in [-0.05, 0) is 18.8 Å². The van der Waals surface area contributed by atoms with E-state index in [2.05, 4.69) is 10.6 Å². The molecule has 0 bridgehead atoms. The fraction of sp³-hybridized carbons (Fsp3) is 0.647. The first-order valence-electron chi connectivity index (χ1n) is 9.25. The summed E-state index contributed by atoms with van der Waals surface area (Å²) >= 11 is 0. The molecular formula is C17H30N6O7. The van der Waals surface area contributed by atoms with Gasteiger partial charge in [0.1, 0.15) is 18.6 Å². The zero-order chi connectivity index (χ0) is 23.4. The fourth-order valence-electron chi connectivity index (χ4n) is 2.42. The molecular weight excluding hydrogens is 400 g/mol. The molecule has 0 heterocycles. The van der Waals surface area contributed by atoms with Gasteiger partial charge >= 0.3 is 5.97 Å². The monoisotopic (exact) mass is 430 g/mol. The first-order valence-corrected chi connectivity index (χ1v) is 9.25. The average Bonchev–Trinajstić information content (AvgIpc) is 2.60. The molecule has 13 heteroatoms. The average molecular weight is 430 g/mol. The van der Waals surface area contributed by atoms with Gasteiger partial charge in [0.2, 0.25) is 29.5 Å². The van der Waals surface area contributed by atoms with Crippen LogP contribution in [0.4, 0.5) is 0 Å². The summed E-state index contributed by atoms with van der Waals surface area (Å²) in [7, 11) is 0. The lowest BCUT2D eigenvalue weighted by Gasteiger charge is -2.23. The van der Waals surface area contributed by atoms with Gasteiger partial charge in [0.15, 0.2) is 0 Å². The molecule has 0 spiro atoms. The zero-order valence-corrected chi connectivity index (χ0v) is 17.0. The fourth-order valence-corrected chi connectivity index (χ4v) is 2.42. The van der Waals surface area contributed by atoms with Crippen LogP contribution in [0.15, 0.2) is 0 Å². The number of nitrogens with two attached hydrogens (primary N) is 3. The summed E-state index contributed by atoms with van der Waals surface area (Å²) in [6, 6.07) is -3.66. The van der Waals surface area contributed by atoms with E-state index in [0.29, 0.717) is 6.42 Å². The maximum absolute atomic E-state index is 12.6. The van der Waals surface area contributed by atoms with Crippen LogP contribution in [0.1, 0.15) is 39.5 Å². The molecule has 0 saturated heterocycles. The quantitative estimate of drug-likeness (QED) is 0.147. The third kappa shape index (κ3) is 11.6. The number of carbonyl (C=O) groups excluding carboxylic acids is 5. The Morgan fingerprint density at radius 2 is 1.43 bits per heavy atom. The van der Waals surface area contributed by atoms with Crippen LogP contribution in [0.5, 0.6) is 0 Å².